The van der Waals surface area contributed by atoms with Crippen LogP contribution >= 0.6 is 23.4 Å². The maximum atomic E-state index is 6.10. The Labute approximate surface area is 124 Å². The predicted octanol–water partition coefficient (Wildman–Crippen LogP) is 3.86. The highest BCUT2D eigenvalue weighted by Gasteiger charge is 2.11. The number of hydrogen-bond donors (Lipinski definition) is 1. The molecule has 102 valence electrons. The van der Waals surface area contributed by atoms with Crippen molar-refractivity contribution in [3.8, 4) is 11.7 Å². The van der Waals surface area contributed by atoms with Gasteiger partial charge in [-0.3, -0.25) is 0 Å². The largest absolute Gasteiger partial charge is 0.459 e. The fraction of sp³-hybridized carbons (Fsp3) is 0.0769. The van der Waals surface area contributed by atoms with E-state index in [1.165, 1.54) is 11.8 Å². The summed E-state index contributed by atoms with van der Waals surface area (Å²) in [5.41, 5.74) is 6.28. The zero-order chi connectivity index (χ0) is 13.9. The number of rotatable bonds is 4. The van der Waals surface area contributed by atoms with Gasteiger partial charge in [-0.2, -0.15) is 0 Å². The van der Waals surface area contributed by atoms with Gasteiger partial charge in [0.05, 0.1) is 17.0 Å². The molecule has 3 rings (SSSR count). The van der Waals surface area contributed by atoms with Gasteiger partial charge in [-0.1, -0.05) is 11.6 Å². The molecule has 0 saturated carbocycles. The molecule has 0 radical (unpaired) electrons. The van der Waals surface area contributed by atoms with Crippen LogP contribution in [0.3, 0.4) is 0 Å². The highest BCUT2D eigenvalue weighted by atomic mass is 35.5. The van der Waals surface area contributed by atoms with E-state index in [0.717, 1.165) is 4.90 Å². The van der Waals surface area contributed by atoms with E-state index in [0.29, 0.717) is 34.0 Å². The van der Waals surface area contributed by atoms with Gasteiger partial charge in [0.15, 0.2) is 5.76 Å². The van der Waals surface area contributed by atoms with E-state index < -0.39 is 0 Å². The number of halogens is 1. The molecule has 7 heteroatoms. The Morgan fingerprint density at radius 3 is 2.90 bits per heavy atom. The van der Waals surface area contributed by atoms with Crippen LogP contribution in [-0.2, 0) is 5.75 Å². The molecule has 0 aliphatic rings. The molecule has 0 bridgehead atoms. The molecular weight excluding hydrogens is 298 g/mol. The van der Waals surface area contributed by atoms with Crippen LogP contribution < -0.4 is 5.73 Å². The zero-order valence-corrected chi connectivity index (χ0v) is 11.8. The van der Waals surface area contributed by atoms with Crippen molar-refractivity contribution in [3.63, 3.8) is 0 Å². The summed E-state index contributed by atoms with van der Waals surface area (Å²) in [5.74, 6) is 1.96. The molecule has 2 aromatic heterocycles. The lowest BCUT2D eigenvalue weighted by atomic mass is 10.3. The fourth-order valence-electron chi connectivity index (χ4n) is 1.59. The Morgan fingerprint density at radius 1 is 1.25 bits per heavy atom. The van der Waals surface area contributed by atoms with Gasteiger partial charge < -0.3 is 14.6 Å². The summed E-state index contributed by atoms with van der Waals surface area (Å²) in [6.07, 6.45) is 1.56. The Bertz CT molecular complexity index is 712. The van der Waals surface area contributed by atoms with Crippen molar-refractivity contribution >= 4 is 29.1 Å². The molecule has 0 amide bonds. The van der Waals surface area contributed by atoms with Crippen LogP contribution in [-0.4, -0.2) is 10.2 Å². The third-order valence-electron chi connectivity index (χ3n) is 2.51. The number of aromatic nitrogens is 2. The van der Waals surface area contributed by atoms with Gasteiger partial charge in [0.2, 0.25) is 5.89 Å². The highest BCUT2D eigenvalue weighted by Crippen LogP contribution is 2.31. The molecular formula is C13H10ClN3O2S. The van der Waals surface area contributed by atoms with E-state index in [1.54, 1.807) is 30.5 Å². The first-order valence-electron chi connectivity index (χ1n) is 5.76. The van der Waals surface area contributed by atoms with E-state index in [9.17, 15) is 0 Å². The number of hydrogen-bond acceptors (Lipinski definition) is 6. The quantitative estimate of drug-likeness (QED) is 0.582. The summed E-state index contributed by atoms with van der Waals surface area (Å²) in [6, 6.07) is 8.91. The van der Waals surface area contributed by atoms with E-state index in [4.69, 9.17) is 26.2 Å². The summed E-state index contributed by atoms with van der Waals surface area (Å²) in [6.45, 7) is 0. The summed E-state index contributed by atoms with van der Waals surface area (Å²) < 4.78 is 10.7. The highest BCUT2D eigenvalue weighted by molar-refractivity contribution is 7.98. The second-order valence-corrected chi connectivity index (χ2v) is 5.38. The molecule has 0 spiro atoms. The first-order valence-corrected chi connectivity index (χ1v) is 7.13. The van der Waals surface area contributed by atoms with E-state index in [-0.39, 0.29) is 0 Å². The smallest absolute Gasteiger partial charge is 0.283 e. The minimum atomic E-state index is 0.369. The average molecular weight is 308 g/mol. The molecule has 3 aromatic rings. The molecule has 2 N–H and O–H groups in total. The van der Waals surface area contributed by atoms with Gasteiger partial charge in [0, 0.05) is 10.6 Å². The number of nitrogens with zero attached hydrogens (tertiary/aromatic N) is 2. The van der Waals surface area contributed by atoms with Gasteiger partial charge in [-0.15, -0.1) is 22.0 Å². The van der Waals surface area contributed by atoms with Crippen LogP contribution in [0.2, 0.25) is 5.02 Å². The minimum Gasteiger partial charge on any atom is -0.459 e. The topological polar surface area (TPSA) is 78.1 Å². The van der Waals surface area contributed by atoms with E-state index in [2.05, 4.69) is 10.2 Å². The SMILES string of the molecule is Nc1ccc(SCc2nnc(-c3ccco3)o2)c(Cl)c1. The third kappa shape index (κ3) is 2.81. The Morgan fingerprint density at radius 2 is 2.15 bits per heavy atom. The molecule has 0 unspecified atom stereocenters. The first kappa shape index (κ1) is 13.1. The molecule has 5 nitrogen and oxygen atoms in total. The van der Waals surface area contributed by atoms with Crippen LogP contribution in [0.25, 0.3) is 11.7 Å². The number of benzene rings is 1. The zero-order valence-electron chi connectivity index (χ0n) is 10.2. The van der Waals surface area contributed by atoms with Gasteiger partial charge >= 0.3 is 0 Å². The summed E-state index contributed by atoms with van der Waals surface area (Å²) in [5, 5.41) is 8.51. The normalized spacial score (nSPS) is 10.8. The Hall–Kier alpha value is -1.92. The van der Waals surface area contributed by atoms with Crippen LogP contribution in [0.15, 0.2) is 50.3 Å². The van der Waals surface area contributed by atoms with Gasteiger partial charge in [-0.05, 0) is 30.3 Å². The van der Waals surface area contributed by atoms with Crippen LogP contribution in [0.4, 0.5) is 5.69 Å². The number of furan rings is 1. The molecule has 0 fully saturated rings. The molecule has 0 aliphatic carbocycles. The molecule has 2 heterocycles. The maximum absolute atomic E-state index is 6.10. The molecule has 0 saturated heterocycles. The lowest BCUT2D eigenvalue weighted by Crippen LogP contribution is -1.85. The molecule has 1 aromatic carbocycles. The van der Waals surface area contributed by atoms with E-state index in [1.807, 2.05) is 6.07 Å². The van der Waals surface area contributed by atoms with Gasteiger partial charge in [0.1, 0.15) is 0 Å². The monoisotopic (exact) mass is 307 g/mol. The van der Waals surface area contributed by atoms with Crippen molar-refractivity contribution in [2.75, 3.05) is 5.73 Å². The van der Waals surface area contributed by atoms with Crippen molar-refractivity contribution in [3.05, 3.63) is 47.5 Å². The summed E-state index contributed by atoms with van der Waals surface area (Å²) in [4.78, 5) is 0.915. The Kier molecular flexibility index (Phi) is 3.66. The second kappa shape index (κ2) is 5.60. The second-order valence-electron chi connectivity index (χ2n) is 3.96. The fourth-order valence-corrected chi connectivity index (χ4v) is 2.69. The minimum absolute atomic E-state index is 0.369. The number of thioether (sulfide) groups is 1. The average Bonchev–Trinajstić information content (AvgIpc) is 3.08. The van der Waals surface area contributed by atoms with Crippen molar-refractivity contribution in [2.45, 2.75) is 10.6 Å². The standard InChI is InChI=1S/C13H10ClN3O2S/c14-9-6-8(15)3-4-11(9)20-7-12-16-17-13(19-12)10-2-1-5-18-10/h1-6H,7,15H2. The first-order chi connectivity index (χ1) is 9.72. The maximum Gasteiger partial charge on any atom is 0.283 e. The molecule has 20 heavy (non-hydrogen) atoms. The van der Waals surface area contributed by atoms with Gasteiger partial charge in [0.25, 0.3) is 5.89 Å². The van der Waals surface area contributed by atoms with Crippen LogP contribution in [0, 0.1) is 0 Å². The number of nitrogens with two attached hydrogens (primary N) is 1. The van der Waals surface area contributed by atoms with Crippen molar-refractivity contribution in [1.82, 2.24) is 10.2 Å². The molecule has 0 aliphatic heterocycles. The summed E-state index contributed by atoms with van der Waals surface area (Å²) >= 11 is 7.60. The van der Waals surface area contributed by atoms with Crippen molar-refractivity contribution in [1.29, 1.82) is 0 Å². The Balaban J connectivity index is 1.70. The number of anilines is 1. The van der Waals surface area contributed by atoms with E-state index >= 15 is 0 Å². The van der Waals surface area contributed by atoms with Crippen molar-refractivity contribution in [2.24, 2.45) is 0 Å². The van der Waals surface area contributed by atoms with Crippen molar-refractivity contribution < 1.29 is 8.83 Å². The third-order valence-corrected chi connectivity index (χ3v) is 3.99. The molecule has 0 atom stereocenters. The summed E-state index contributed by atoms with van der Waals surface area (Å²) in [7, 11) is 0. The lowest BCUT2D eigenvalue weighted by Gasteiger charge is -2.02. The van der Waals surface area contributed by atoms with Crippen LogP contribution in [0.5, 0.6) is 0 Å². The predicted molar refractivity (Wildman–Crippen MR) is 77.4 cm³/mol. The van der Waals surface area contributed by atoms with Gasteiger partial charge in [-0.25, -0.2) is 0 Å². The van der Waals surface area contributed by atoms with Crippen LogP contribution in [0.1, 0.15) is 5.89 Å². The number of nitrogen functional groups attached to an aromatic ring is 1. The lowest BCUT2D eigenvalue weighted by molar-refractivity contribution is 0.494.